The van der Waals surface area contributed by atoms with Crippen molar-refractivity contribution < 1.29 is 4.79 Å². The minimum atomic E-state index is -0.249. The van der Waals surface area contributed by atoms with E-state index in [-0.39, 0.29) is 6.03 Å². The lowest BCUT2D eigenvalue weighted by atomic mass is 10.6. The van der Waals surface area contributed by atoms with E-state index in [1.54, 1.807) is 24.1 Å². The highest BCUT2D eigenvalue weighted by atomic mass is 32.2. The quantitative estimate of drug-likeness (QED) is 0.539. The lowest BCUT2D eigenvalue weighted by Gasteiger charge is -2.04. The van der Waals surface area contributed by atoms with Gasteiger partial charge in [0.15, 0.2) is 5.16 Å². The topological polar surface area (TPSA) is 101 Å². The molecule has 2 aromatic heterocycles. The first-order valence-electron chi connectivity index (χ1n) is 5.26. The number of aromatic amines is 1. The normalized spacial score (nSPS) is 10.3. The molecule has 0 fully saturated rings. The van der Waals surface area contributed by atoms with Gasteiger partial charge in [-0.25, -0.2) is 9.78 Å². The molecule has 0 aliphatic rings. The number of carbonyl (C=O) groups is 1. The van der Waals surface area contributed by atoms with Crippen LogP contribution in [-0.4, -0.2) is 43.3 Å². The zero-order valence-electron chi connectivity index (χ0n) is 9.75. The van der Waals surface area contributed by atoms with Crippen LogP contribution in [0.15, 0.2) is 23.9 Å². The number of hydrogen-bond acceptors (Lipinski definition) is 5. The van der Waals surface area contributed by atoms with Gasteiger partial charge in [-0.3, -0.25) is 9.78 Å². The second kappa shape index (κ2) is 6.05. The Hall–Kier alpha value is -2.03. The van der Waals surface area contributed by atoms with Crippen LogP contribution in [0, 0.1) is 0 Å². The summed E-state index contributed by atoms with van der Waals surface area (Å²) in [6.07, 6.45) is 4.76. The highest BCUT2D eigenvalue weighted by molar-refractivity contribution is 7.99. The third-order valence-electron chi connectivity index (χ3n) is 1.98. The largest absolute Gasteiger partial charge is 0.337 e. The van der Waals surface area contributed by atoms with Crippen LogP contribution in [-0.2, 0) is 7.05 Å². The molecule has 0 unspecified atom stereocenters. The van der Waals surface area contributed by atoms with Gasteiger partial charge in [0.1, 0.15) is 6.33 Å². The third-order valence-corrected chi connectivity index (χ3v) is 2.86. The summed E-state index contributed by atoms with van der Waals surface area (Å²) < 4.78 is 1.62. The maximum absolute atomic E-state index is 11.5. The van der Waals surface area contributed by atoms with Gasteiger partial charge in [-0.1, -0.05) is 11.8 Å². The van der Waals surface area contributed by atoms with E-state index in [4.69, 9.17) is 0 Å². The van der Waals surface area contributed by atoms with Gasteiger partial charge in [0.05, 0.1) is 11.9 Å². The molecule has 9 heteroatoms. The van der Waals surface area contributed by atoms with Gasteiger partial charge in [0.2, 0.25) is 0 Å². The van der Waals surface area contributed by atoms with Crippen molar-refractivity contribution in [2.24, 2.45) is 7.05 Å². The molecule has 0 bridgehead atoms. The standard InChI is InChI=1S/C9H13N7OS/c1-16-5-7(4-13-16)14-8(17)10-2-3-18-9-11-6-12-15-9/h4-6H,2-3H2,1H3,(H2,10,14,17)(H,11,12,15). The van der Waals surface area contributed by atoms with E-state index in [1.165, 1.54) is 18.1 Å². The first-order valence-corrected chi connectivity index (χ1v) is 6.24. The van der Waals surface area contributed by atoms with E-state index in [9.17, 15) is 4.79 Å². The highest BCUT2D eigenvalue weighted by Gasteiger charge is 2.03. The summed E-state index contributed by atoms with van der Waals surface area (Å²) in [6.45, 7) is 0.539. The molecule has 2 aromatic rings. The van der Waals surface area contributed by atoms with Crippen molar-refractivity contribution in [3.05, 3.63) is 18.7 Å². The van der Waals surface area contributed by atoms with Gasteiger partial charge in [-0.05, 0) is 0 Å². The van der Waals surface area contributed by atoms with Crippen LogP contribution in [0.2, 0.25) is 0 Å². The molecule has 2 rings (SSSR count). The average molecular weight is 267 g/mol. The van der Waals surface area contributed by atoms with Crippen molar-refractivity contribution in [1.82, 2.24) is 30.3 Å². The van der Waals surface area contributed by atoms with E-state index in [1.807, 2.05) is 0 Å². The molecule has 0 aliphatic heterocycles. The molecule has 18 heavy (non-hydrogen) atoms. The molecule has 0 aliphatic carbocycles. The van der Waals surface area contributed by atoms with Crippen molar-refractivity contribution in [2.75, 3.05) is 17.6 Å². The lowest BCUT2D eigenvalue weighted by Crippen LogP contribution is -2.30. The van der Waals surface area contributed by atoms with Crippen LogP contribution < -0.4 is 10.6 Å². The van der Waals surface area contributed by atoms with E-state index in [0.29, 0.717) is 12.2 Å². The minimum Gasteiger partial charge on any atom is -0.337 e. The molecule has 0 saturated carbocycles. The Kier molecular flexibility index (Phi) is 4.18. The van der Waals surface area contributed by atoms with Gasteiger partial charge in [0, 0.05) is 25.5 Å². The molecule has 0 saturated heterocycles. The van der Waals surface area contributed by atoms with Gasteiger partial charge < -0.3 is 10.6 Å². The Morgan fingerprint density at radius 1 is 1.61 bits per heavy atom. The smallest absolute Gasteiger partial charge is 0.319 e. The summed E-state index contributed by atoms with van der Waals surface area (Å²) in [4.78, 5) is 15.4. The first-order chi connectivity index (χ1) is 8.74. The maximum atomic E-state index is 11.5. The van der Waals surface area contributed by atoms with Crippen molar-refractivity contribution >= 4 is 23.5 Å². The number of amides is 2. The molecule has 8 nitrogen and oxygen atoms in total. The van der Waals surface area contributed by atoms with Crippen LogP contribution in [0.3, 0.4) is 0 Å². The zero-order chi connectivity index (χ0) is 12.8. The van der Waals surface area contributed by atoms with E-state index < -0.39 is 0 Å². The second-order valence-corrected chi connectivity index (χ2v) is 4.51. The zero-order valence-corrected chi connectivity index (χ0v) is 10.6. The van der Waals surface area contributed by atoms with Gasteiger partial charge >= 0.3 is 6.03 Å². The van der Waals surface area contributed by atoms with Crippen LogP contribution >= 0.6 is 11.8 Å². The number of aryl methyl sites for hydroxylation is 1. The number of anilines is 1. The molecule has 96 valence electrons. The second-order valence-electron chi connectivity index (χ2n) is 3.42. The van der Waals surface area contributed by atoms with Crippen LogP contribution in [0.4, 0.5) is 10.5 Å². The summed E-state index contributed by atoms with van der Waals surface area (Å²) in [6, 6.07) is -0.249. The first kappa shape index (κ1) is 12.4. The number of urea groups is 1. The Bertz CT molecular complexity index is 495. The fourth-order valence-corrected chi connectivity index (χ4v) is 1.87. The maximum Gasteiger partial charge on any atom is 0.319 e. The van der Waals surface area contributed by atoms with Crippen LogP contribution in [0.1, 0.15) is 0 Å². The fraction of sp³-hybridized carbons (Fsp3) is 0.333. The van der Waals surface area contributed by atoms with Crippen molar-refractivity contribution in [3.63, 3.8) is 0 Å². The number of aromatic nitrogens is 5. The van der Waals surface area contributed by atoms with Crippen molar-refractivity contribution in [1.29, 1.82) is 0 Å². The van der Waals surface area contributed by atoms with E-state index in [2.05, 4.69) is 30.9 Å². The van der Waals surface area contributed by atoms with Gasteiger partial charge in [-0.15, -0.1) is 0 Å². The molecule has 3 N–H and O–H groups in total. The number of nitrogens with zero attached hydrogens (tertiary/aromatic N) is 4. The molecule has 0 atom stereocenters. The van der Waals surface area contributed by atoms with E-state index >= 15 is 0 Å². The molecular weight excluding hydrogens is 254 g/mol. The predicted molar refractivity (Wildman–Crippen MR) is 67.3 cm³/mol. The number of thioether (sulfide) groups is 1. The van der Waals surface area contributed by atoms with Crippen LogP contribution in [0.5, 0.6) is 0 Å². The van der Waals surface area contributed by atoms with Gasteiger partial charge in [-0.2, -0.15) is 10.2 Å². The highest BCUT2D eigenvalue weighted by Crippen LogP contribution is 2.08. The van der Waals surface area contributed by atoms with Crippen LogP contribution in [0.25, 0.3) is 0 Å². The lowest BCUT2D eigenvalue weighted by molar-refractivity contribution is 0.252. The Morgan fingerprint density at radius 2 is 2.50 bits per heavy atom. The summed E-state index contributed by atoms with van der Waals surface area (Å²) in [5.41, 5.74) is 0.665. The Morgan fingerprint density at radius 3 is 3.17 bits per heavy atom. The van der Waals surface area contributed by atoms with Crippen molar-refractivity contribution in [2.45, 2.75) is 5.16 Å². The molecule has 0 spiro atoms. The average Bonchev–Trinajstić information content (AvgIpc) is 2.96. The molecular formula is C9H13N7OS. The number of hydrogen-bond donors (Lipinski definition) is 3. The van der Waals surface area contributed by atoms with Crippen molar-refractivity contribution in [3.8, 4) is 0 Å². The molecule has 2 heterocycles. The fourth-order valence-electron chi connectivity index (χ4n) is 1.24. The summed E-state index contributed by atoms with van der Waals surface area (Å²) in [5, 5.41) is 16.6. The monoisotopic (exact) mass is 267 g/mol. The summed E-state index contributed by atoms with van der Waals surface area (Å²) in [7, 11) is 1.79. The molecule has 0 radical (unpaired) electrons. The number of carbonyl (C=O) groups excluding carboxylic acids is 1. The Labute approximate surface area is 108 Å². The summed E-state index contributed by atoms with van der Waals surface area (Å²) >= 11 is 1.49. The number of nitrogens with one attached hydrogen (secondary N) is 3. The number of H-pyrrole nitrogens is 1. The SMILES string of the molecule is Cn1cc(NC(=O)NCCSc2ncn[nH]2)cn1. The summed E-state index contributed by atoms with van der Waals surface area (Å²) in [5.74, 6) is 0.718. The Balaban J connectivity index is 1.63. The number of rotatable bonds is 5. The third kappa shape index (κ3) is 3.77. The molecule has 2 amide bonds. The molecule has 0 aromatic carbocycles. The predicted octanol–water partition coefficient (Wildman–Crippen LogP) is 0.452. The van der Waals surface area contributed by atoms with E-state index in [0.717, 1.165) is 10.9 Å². The van der Waals surface area contributed by atoms with Gasteiger partial charge in [0.25, 0.3) is 0 Å². The minimum absolute atomic E-state index is 0.249.